The normalized spacial score (nSPS) is 12.6. The maximum Gasteiger partial charge on any atom is 0.126 e. The van der Waals surface area contributed by atoms with Crippen LogP contribution in [-0.2, 0) is 0 Å². The fraction of sp³-hybridized carbons (Fsp3) is 0.231. The Balaban J connectivity index is 2.38. The molecule has 2 nitrogen and oxygen atoms in total. The number of furan rings is 1. The van der Waals surface area contributed by atoms with E-state index in [4.69, 9.17) is 4.42 Å². The summed E-state index contributed by atoms with van der Waals surface area (Å²) in [6.07, 6.45) is 3.10. The Bertz CT molecular complexity index is 462. The van der Waals surface area contributed by atoms with Crippen LogP contribution >= 0.6 is 0 Å². The minimum atomic E-state index is -0.577. The highest BCUT2D eigenvalue weighted by Crippen LogP contribution is 2.23. The molecule has 1 unspecified atom stereocenters. The van der Waals surface area contributed by atoms with Gasteiger partial charge in [-0.15, -0.1) is 0 Å². The van der Waals surface area contributed by atoms with Crippen molar-refractivity contribution in [2.75, 3.05) is 6.54 Å². The maximum absolute atomic E-state index is 13.2. The fourth-order valence-corrected chi connectivity index (χ4v) is 1.81. The molecule has 0 aliphatic carbocycles. The Kier molecular flexibility index (Phi) is 3.54. The summed E-state index contributed by atoms with van der Waals surface area (Å²) < 4.78 is 31.4. The molecule has 0 amide bonds. The largest absolute Gasteiger partial charge is 0.472 e. The van der Waals surface area contributed by atoms with Gasteiger partial charge in [0.25, 0.3) is 0 Å². The second-order valence-electron chi connectivity index (χ2n) is 3.75. The quantitative estimate of drug-likeness (QED) is 0.883. The van der Waals surface area contributed by atoms with E-state index in [2.05, 4.69) is 5.32 Å². The van der Waals surface area contributed by atoms with Gasteiger partial charge in [0.15, 0.2) is 0 Å². The third-order valence-corrected chi connectivity index (χ3v) is 2.50. The van der Waals surface area contributed by atoms with Crippen LogP contribution < -0.4 is 5.32 Å². The van der Waals surface area contributed by atoms with Crippen LogP contribution in [0.1, 0.15) is 24.1 Å². The van der Waals surface area contributed by atoms with Crippen molar-refractivity contribution >= 4 is 0 Å². The van der Waals surface area contributed by atoms with Crippen molar-refractivity contribution in [3.8, 4) is 0 Å². The summed E-state index contributed by atoms with van der Waals surface area (Å²) in [7, 11) is 0. The molecule has 4 heteroatoms. The molecule has 0 saturated heterocycles. The average Bonchev–Trinajstić information content (AvgIpc) is 2.77. The zero-order valence-corrected chi connectivity index (χ0v) is 9.41. The van der Waals surface area contributed by atoms with E-state index in [1.165, 1.54) is 18.4 Å². The van der Waals surface area contributed by atoms with Gasteiger partial charge in [-0.2, -0.15) is 0 Å². The van der Waals surface area contributed by atoms with E-state index in [1.807, 2.05) is 6.92 Å². The predicted octanol–water partition coefficient (Wildman–Crippen LogP) is 3.26. The van der Waals surface area contributed by atoms with Crippen LogP contribution in [0, 0.1) is 11.6 Å². The van der Waals surface area contributed by atoms with Gasteiger partial charge in [0.1, 0.15) is 11.6 Å². The molecule has 1 aromatic carbocycles. The first kappa shape index (κ1) is 11.8. The van der Waals surface area contributed by atoms with Crippen molar-refractivity contribution in [2.24, 2.45) is 0 Å². The lowest BCUT2D eigenvalue weighted by Gasteiger charge is -2.16. The van der Waals surface area contributed by atoms with E-state index in [0.29, 0.717) is 12.1 Å². The Hall–Kier alpha value is -1.68. The van der Waals surface area contributed by atoms with Crippen molar-refractivity contribution in [3.05, 3.63) is 59.6 Å². The van der Waals surface area contributed by atoms with Crippen LogP contribution in [0.5, 0.6) is 0 Å². The van der Waals surface area contributed by atoms with Crippen LogP contribution in [0.15, 0.2) is 41.2 Å². The van der Waals surface area contributed by atoms with E-state index in [0.717, 1.165) is 11.6 Å². The van der Waals surface area contributed by atoms with E-state index < -0.39 is 11.6 Å². The first-order valence-electron chi connectivity index (χ1n) is 5.42. The van der Waals surface area contributed by atoms with E-state index in [9.17, 15) is 8.78 Å². The molecule has 2 rings (SSSR count). The zero-order chi connectivity index (χ0) is 12.3. The van der Waals surface area contributed by atoms with E-state index >= 15 is 0 Å². The van der Waals surface area contributed by atoms with Gasteiger partial charge in [-0.1, -0.05) is 6.92 Å². The van der Waals surface area contributed by atoms with Gasteiger partial charge in [0, 0.05) is 11.6 Å². The number of rotatable bonds is 4. The molecule has 0 fully saturated rings. The molecule has 90 valence electrons. The fourth-order valence-electron chi connectivity index (χ4n) is 1.81. The number of hydrogen-bond acceptors (Lipinski definition) is 2. The van der Waals surface area contributed by atoms with Crippen molar-refractivity contribution in [1.82, 2.24) is 5.32 Å². The summed E-state index contributed by atoms with van der Waals surface area (Å²) >= 11 is 0. The van der Waals surface area contributed by atoms with Crippen LogP contribution in [-0.4, -0.2) is 6.54 Å². The Morgan fingerprint density at radius 1 is 1.18 bits per heavy atom. The van der Waals surface area contributed by atoms with Crippen molar-refractivity contribution in [3.63, 3.8) is 0 Å². The molecule has 1 N–H and O–H groups in total. The summed E-state index contributed by atoms with van der Waals surface area (Å²) in [4.78, 5) is 0. The summed E-state index contributed by atoms with van der Waals surface area (Å²) in [5.41, 5.74) is 1.39. The van der Waals surface area contributed by atoms with Gasteiger partial charge in [0.05, 0.1) is 18.6 Å². The molecule has 0 aliphatic heterocycles. The summed E-state index contributed by atoms with van der Waals surface area (Å²) in [5, 5.41) is 3.16. The Morgan fingerprint density at radius 2 is 1.88 bits per heavy atom. The molecule has 0 spiro atoms. The van der Waals surface area contributed by atoms with Crippen molar-refractivity contribution in [2.45, 2.75) is 13.0 Å². The molecular formula is C13H13F2NO. The predicted molar refractivity (Wildman–Crippen MR) is 60.6 cm³/mol. The molecular weight excluding hydrogens is 224 g/mol. The van der Waals surface area contributed by atoms with E-state index in [-0.39, 0.29) is 6.04 Å². The van der Waals surface area contributed by atoms with Crippen LogP contribution in [0.3, 0.4) is 0 Å². The zero-order valence-electron chi connectivity index (χ0n) is 9.41. The SMILES string of the molecule is CCNC(c1ccoc1)c1cc(F)cc(F)c1. The highest BCUT2D eigenvalue weighted by Gasteiger charge is 2.15. The number of nitrogens with one attached hydrogen (secondary N) is 1. The number of hydrogen-bond donors (Lipinski definition) is 1. The van der Waals surface area contributed by atoms with Gasteiger partial charge in [-0.05, 0) is 30.3 Å². The third kappa shape index (κ3) is 2.71. The van der Waals surface area contributed by atoms with E-state index in [1.54, 1.807) is 12.3 Å². The third-order valence-electron chi connectivity index (χ3n) is 2.50. The molecule has 0 saturated carbocycles. The molecule has 1 atom stereocenters. The monoisotopic (exact) mass is 237 g/mol. The molecule has 0 aliphatic rings. The van der Waals surface area contributed by atoms with Gasteiger partial charge in [-0.25, -0.2) is 8.78 Å². The molecule has 17 heavy (non-hydrogen) atoms. The smallest absolute Gasteiger partial charge is 0.126 e. The molecule has 0 radical (unpaired) electrons. The summed E-state index contributed by atoms with van der Waals surface area (Å²) in [5.74, 6) is -1.15. The second-order valence-corrected chi connectivity index (χ2v) is 3.75. The van der Waals surface area contributed by atoms with Gasteiger partial charge < -0.3 is 9.73 Å². The topological polar surface area (TPSA) is 25.2 Å². The van der Waals surface area contributed by atoms with Crippen molar-refractivity contribution in [1.29, 1.82) is 0 Å². The first-order chi connectivity index (χ1) is 8.20. The Labute approximate surface area is 98.3 Å². The highest BCUT2D eigenvalue weighted by molar-refractivity contribution is 5.30. The van der Waals surface area contributed by atoms with Gasteiger partial charge >= 0.3 is 0 Å². The lowest BCUT2D eigenvalue weighted by atomic mass is 10.0. The van der Waals surface area contributed by atoms with Gasteiger partial charge in [0.2, 0.25) is 0 Å². The summed E-state index contributed by atoms with van der Waals surface area (Å²) in [6.45, 7) is 2.62. The molecule has 0 bridgehead atoms. The molecule has 1 aromatic heterocycles. The minimum absolute atomic E-state index is 0.260. The summed E-state index contributed by atoms with van der Waals surface area (Å²) in [6, 6.07) is 5.02. The highest BCUT2D eigenvalue weighted by atomic mass is 19.1. The number of benzene rings is 1. The Morgan fingerprint density at radius 3 is 2.41 bits per heavy atom. The van der Waals surface area contributed by atoms with Crippen LogP contribution in [0.2, 0.25) is 0 Å². The second kappa shape index (κ2) is 5.10. The van der Waals surface area contributed by atoms with Gasteiger partial charge in [-0.3, -0.25) is 0 Å². The van der Waals surface area contributed by atoms with Crippen LogP contribution in [0.25, 0.3) is 0 Å². The average molecular weight is 237 g/mol. The minimum Gasteiger partial charge on any atom is -0.472 e. The molecule has 2 aromatic rings. The molecule has 1 heterocycles. The standard InChI is InChI=1S/C13H13F2NO/c1-2-16-13(9-3-4-17-8-9)10-5-11(14)7-12(15)6-10/h3-8,13,16H,2H2,1H3. The maximum atomic E-state index is 13.2. The first-order valence-corrected chi connectivity index (χ1v) is 5.42. The van der Waals surface area contributed by atoms with Crippen molar-refractivity contribution < 1.29 is 13.2 Å². The number of halogens is 2. The lowest BCUT2D eigenvalue weighted by Crippen LogP contribution is -2.21. The van der Waals surface area contributed by atoms with Crippen LogP contribution in [0.4, 0.5) is 8.78 Å². The lowest BCUT2D eigenvalue weighted by molar-refractivity contribution is 0.546.